The quantitative estimate of drug-likeness (QED) is 0.797. The zero-order valence-corrected chi connectivity index (χ0v) is 8.98. The molecule has 0 saturated carbocycles. The molecule has 1 fully saturated rings. The molecule has 4 heteroatoms. The van der Waals surface area contributed by atoms with Gasteiger partial charge in [0.2, 0.25) is 0 Å². The van der Waals surface area contributed by atoms with Gasteiger partial charge in [-0.05, 0) is 25.1 Å². The molecule has 1 unspecified atom stereocenters. The molecule has 3 rings (SSSR count). The van der Waals surface area contributed by atoms with Crippen molar-refractivity contribution in [3.8, 4) is 11.4 Å². The van der Waals surface area contributed by atoms with Crippen molar-refractivity contribution in [1.29, 1.82) is 0 Å². The minimum atomic E-state index is 0.525. The van der Waals surface area contributed by atoms with Crippen LogP contribution in [0.4, 0.5) is 0 Å². The number of H-pyrrole nitrogens is 1. The first-order valence-corrected chi connectivity index (χ1v) is 5.60. The summed E-state index contributed by atoms with van der Waals surface area (Å²) >= 11 is 0. The molecule has 2 aromatic heterocycles. The highest BCUT2D eigenvalue weighted by molar-refractivity contribution is 5.52. The third kappa shape index (κ3) is 1.72. The maximum absolute atomic E-state index is 4.44. The van der Waals surface area contributed by atoms with Gasteiger partial charge in [0.05, 0.1) is 17.6 Å². The molecule has 0 spiro atoms. The van der Waals surface area contributed by atoms with Crippen LogP contribution >= 0.6 is 0 Å². The van der Waals surface area contributed by atoms with E-state index >= 15 is 0 Å². The first kappa shape index (κ1) is 9.54. The number of aromatic nitrogens is 3. The van der Waals surface area contributed by atoms with E-state index in [9.17, 15) is 0 Å². The fraction of sp³-hybridized carbons (Fsp3) is 0.333. The van der Waals surface area contributed by atoms with Crippen molar-refractivity contribution in [2.24, 2.45) is 0 Å². The van der Waals surface area contributed by atoms with Crippen molar-refractivity contribution in [2.45, 2.75) is 12.3 Å². The summed E-state index contributed by atoms with van der Waals surface area (Å²) in [4.78, 5) is 12.1. The maximum atomic E-state index is 4.44. The number of pyridine rings is 1. The molecule has 0 aliphatic carbocycles. The van der Waals surface area contributed by atoms with Gasteiger partial charge in [0.15, 0.2) is 0 Å². The van der Waals surface area contributed by atoms with Crippen LogP contribution in [0.1, 0.15) is 18.2 Å². The number of imidazole rings is 1. The molecular formula is C12H14N4. The van der Waals surface area contributed by atoms with Crippen LogP contribution in [0.2, 0.25) is 0 Å². The molecule has 0 bridgehead atoms. The van der Waals surface area contributed by atoms with Gasteiger partial charge in [-0.15, -0.1) is 0 Å². The van der Waals surface area contributed by atoms with Crippen molar-refractivity contribution in [1.82, 2.24) is 20.3 Å². The summed E-state index contributed by atoms with van der Waals surface area (Å²) in [6.07, 6.45) is 4.83. The zero-order valence-electron chi connectivity index (χ0n) is 8.98. The number of nitrogens with zero attached hydrogens (tertiary/aromatic N) is 2. The molecule has 0 radical (unpaired) electrons. The van der Waals surface area contributed by atoms with Crippen LogP contribution in [0.25, 0.3) is 11.4 Å². The summed E-state index contributed by atoms with van der Waals surface area (Å²) in [6, 6.07) is 5.89. The van der Waals surface area contributed by atoms with Crippen LogP contribution in [-0.4, -0.2) is 28.0 Å². The summed E-state index contributed by atoms with van der Waals surface area (Å²) in [5, 5.41) is 3.34. The lowest BCUT2D eigenvalue weighted by Gasteiger charge is -2.02. The van der Waals surface area contributed by atoms with Crippen molar-refractivity contribution in [3.63, 3.8) is 0 Å². The molecule has 1 aliphatic heterocycles. The highest BCUT2D eigenvalue weighted by atomic mass is 15.0. The lowest BCUT2D eigenvalue weighted by atomic mass is 10.1. The van der Waals surface area contributed by atoms with E-state index in [1.165, 1.54) is 0 Å². The van der Waals surface area contributed by atoms with E-state index in [1.807, 2.05) is 24.4 Å². The number of nitrogens with one attached hydrogen (secondary N) is 2. The van der Waals surface area contributed by atoms with Gasteiger partial charge in [-0.25, -0.2) is 4.98 Å². The van der Waals surface area contributed by atoms with Gasteiger partial charge in [0.25, 0.3) is 0 Å². The molecule has 1 atom stereocenters. The smallest absolute Gasteiger partial charge is 0.110 e. The predicted molar refractivity (Wildman–Crippen MR) is 62.0 cm³/mol. The molecule has 82 valence electrons. The van der Waals surface area contributed by atoms with E-state index in [2.05, 4.69) is 20.3 Å². The largest absolute Gasteiger partial charge is 0.340 e. The van der Waals surface area contributed by atoms with E-state index in [-0.39, 0.29) is 0 Å². The van der Waals surface area contributed by atoms with Gasteiger partial charge in [-0.1, -0.05) is 6.07 Å². The van der Waals surface area contributed by atoms with Gasteiger partial charge in [0.1, 0.15) is 5.82 Å². The highest BCUT2D eigenvalue weighted by Crippen LogP contribution is 2.22. The molecule has 16 heavy (non-hydrogen) atoms. The minimum Gasteiger partial charge on any atom is -0.340 e. The molecule has 2 aromatic rings. The summed E-state index contributed by atoms with van der Waals surface area (Å²) < 4.78 is 0. The van der Waals surface area contributed by atoms with E-state index in [1.54, 1.807) is 6.20 Å². The van der Waals surface area contributed by atoms with Gasteiger partial charge >= 0.3 is 0 Å². The Balaban J connectivity index is 1.87. The maximum Gasteiger partial charge on any atom is 0.110 e. The summed E-state index contributed by atoms with van der Waals surface area (Å²) in [5.74, 6) is 1.60. The first-order chi connectivity index (χ1) is 7.93. The SMILES string of the molecule is c1ccc(-c2cnc(C3CCNC3)[nH]2)nc1. The Labute approximate surface area is 94.1 Å². The second-order valence-electron chi connectivity index (χ2n) is 4.09. The second-order valence-corrected chi connectivity index (χ2v) is 4.09. The molecular weight excluding hydrogens is 200 g/mol. The van der Waals surface area contributed by atoms with Crippen molar-refractivity contribution in [2.75, 3.05) is 13.1 Å². The molecule has 2 N–H and O–H groups in total. The Kier molecular flexibility index (Phi) is 2.42. The second kappa shape index (κ2) is 4.06. The number of hydrogen-bond acceptors (Lipinski definition) is 3. The lowest BCUT2D eigenvalue weighted by molar-refractivity contribution is 0.714. The van der Waals surface area contributed by atoms with Crippen LogP contribution < -0.4 is 5.32 Å². The zero-order chi connectivity index (χ0) is 10.8. The fourth-order valence-corrected chi connectivity index (χ4v) is 2.08. The first-order valence-electron chi connectivity index (χ1n) is 5.60. The fourth-order valence-electron chi connectivity index (χ4n) is 2.08. The summed E-state index contributed by atoms with van der Waals surface area (Å²) in [5.41, 5.74) is 1.95. The molecule has 0 amide bonds. The van der Waals surface area contributed by atoms with Crippen LogP contribution in [0.5, 0.6) is 0 Å². The Hall–Kier alpha value is -1.68. The minimum absolute atomic E-state index is 0.525. The molecule has 4 nitrogen and oxygen atoms in total. The number of rotatable bonds is 2. The molecule has 0 aromatic carbocycles. The number of hydrogen-bond donors (Lipinski definition) is 2. The van der Waals surface area contributed by atoms with Crippen LogP contribution in [0.15, 0.2) is 30.6 Å². The molecule has 1 saturated heterocycles. The van der Waals surface area contributed by atoms with Gasteiger partial charge < -0.3 is 10.3 Å². The van der Waals surface area contributed by atoms with E-state index in [0.29, 0.717) is 5.92 Å². The third-order valence-corrected chi connectivity index (χ3v) is 2.98. The van der Waals surface area contributed by atoms with Crippen LogP contribution in [-0.2, 0) is 0 Å². The standard InChI is InChI=1S/C12H14N4/c1-2-5-14-10(3-1)11-8-15-12(16-11)9-4-6-13-7-9/h1-3,5,8-9,13H,4,6-7H2,(H,15,16). The van der Waals surface area contributed by atoms with Crippen molar-refractivity contribution in [3.05, 3.63) is 36.4 Å². The van der Waals surface area contributed by atoms with Gasteiger partial charge in [-0.3, -0.25) is 4.98 Å². The monoisotopic (exact) mass is 214 g/mol. The Morgan fingerprint density at radius 1 is 1.25 bits per heavy atom. The average molecular weight is 214 g/mol. The van der Waals surface area contributed by atoms with Gasteiger partial charge in [-0.2, -0.15) is 0 Å². The van der Waals surface area contributed by atoms with E-state index in [0.717, 1.165) is 36.7 Å². The average Bonchev–Trinajstić information content (AvgIpc) is 3.01. The Morgan fingerprint density at radius 2 is 2.25 bits per heavy atom. The molecule has 3 heterocycles. The lowest BCUT2D eigenvalue weighted by Crippen LogP contribution is -2.08. The van der Waals surface area contributed by atoms with Crippen molar-refractivity contribution >= 4 is 0 Å². The summed E-state index contributed by atoms with van der Waals surface area (Å²) in [6.45, 7) is 2.11. The van der Waals surface area contributed by atoms with E-state index in [4.69, 9.17) is 0 Å². The predicted octanol–water partition coefficient (Wildman–Crippen LogP) is 1.55. The topological polar surface area (TPSA) is 53.6 Å². The van der Waals surface area contributed by atoms with Crippen LogP contribution in [0, 0.1) is 0 Å². The highest BCUT2D eigenvalue weighted by Gasteiger charge is 2.19. The third-order valence-electron chi connectivity index (χ3n) is 2.98. The molecule has 1 aliphatic rings. The Bertz CT molecular complexity index is 457. The van der Waals surface area contributed by atoms with Gasteiger partial charge in [0, 0.05) is 18.7 Å². The normalized spacial score (nSPS) is 20.1. The number of aromatic amines is 1. The Morgan fingerprint density at radius 3 is 3.00 bits per heavy atom. The van der Waals surface area contributed by atoms with E-state index < -0.39 is 0 Å². The van der Waals surface area contributed by atoms with Crippen LogP contribution in [0.3, 0.4) is 0 Å². The summed E-state index contributed by atoms with van der Waals surface area (Å²) in [7, 11) is 0. The van der Waals surface area contributed by atoms with Crippen molar-refractivity contribution < 1.29 is 0 Å².